The number of unbranched alkanes of at least 4 members (excludes halogenated alkanes) is 5. The quantitative estimate of drug-likeness (QED) is 0.237. The van der Waals surface area contributed by atoms with E-state index >= 15 is 0 Å². The van der Waals surface area contributed by atoms with Gasteiger partial charge in [-0.05, 0) is 50.2 Å². The molecule has 1 aromatic carbocycles. The summed E-state index contributed by atoms with van der Waals surface area (Å²) in [4.78, 5) is 24.6. The van der Waals surface area contributed by atoms with Crippen LogP contribution in [0, 0.1) is 0 Å². The van der Waals surface area contributed by atoms with Crippen LogP contribution in [-0.2, 0) is 25.5 Å². The van der Waals surface area contributed by atoms with Crippen LogP contribution in [0.2, 0.25) is 0 Å². The molecular formula is C25H41NO4. The molecule has 0 amide bonds. The summed E-state index contributed by atoms with van der Waals surface area (Å²) >= 11 is 0. The van der Waals surface area contributed by atoms with Crippen molar-refractivity contribution in [2.75, 3.05) is 13.2 Å². The van der Waals surface area contributed by atoms with E-state index in [1.54, 1.807) is 13.8 Å². The highest BCUT2D eigenvalue weighted by atomic mass is 16.6. The molecule has 0 radical (unpaired) electrons. The van der Waals surface area contributed by atoms with Gasteiger partial charge < -0.3 is 15.2 Å². The number of carbonyl (C=O) groups excluding carboxylic acids is 2. The van der Waals surface area contributed by atoms with Crippen molar-refractivity contribution in [3.8, 4) is 0 Å². The van der Waals surface area contributed by atoms with Gasteiger partial charge in [0, 0.05) is 0 Å². The second-order valence-corrected chi connectivity index (χ2v) is 8.11. The Hall–Kier alpha value is -1.88. The zero-order chi connectivity index (χ0) is 22.4. The van der Waals surface area contributed by atoms with E-state index in [9.17, 15) is 9.59 Å². The first kappa shape index (κ1) is 26.2. The van der Waals surface area contributed by atoms with E-state index in [1.807, 2.05) is 0 Å². The zero-order valence-corrected chi connectivity index (χ0v) is 19.4. The summed E-state index contributed by atoms with van der Waals surface area (Å²) in [6.07, 6.45) is 9.73. The van der Waals surface area contributed by atoms with Crippen LogP contribution in [0.4, 0.5) is 0 Å². The van der Waals surface area contributed by atoms with E-state index in [1.165, 1.54) is 50.5 Å². The van der Waals surface area contributed by atoms with Crippen molar-refractivity contribution in [3.63, 3.8) is 0 Å². The molecule has 1 atom stereocenters. The summed E-state index contributed by atoms with van der Waals surface area (Å²) < 4.78 is 10.0. The number of aryl methyl sites for hydroxylation is 1. The lowest BCUT2D eigenvalue weighted by Crippen LogP contribution is -2.57. The third-order valence-corrected chi connectivity index (χ3v) is 5.63. The summed E-state index contributed by atoms with van der Waals surface area (Å²) in [6, 6.07) is 8.40. The van der Waals surface area contributed by atoms with E-state index in [-0.39, 0.29) is 19.6 Å². The molecule has 5 nitrogen and oxygen atoms in total. The van der Waals surface area contributed by atoms with Gasteiger partial charge in [0.05, 0.1) is 13.2 Å². The molecule has 0 heterocycles. The molecule has 0 spiro atoms. The van der Waals surface area contributed by atoms with Gasteiger partial charge in [0.25, 0.3) is 0 Å². The van der Waals surface area contributed by atoms with E-state index in [0.717, 1.165) is 5.56 Å². The highest BCUT2D eigenvalue weighted by Crippen LogP contribution is 2.24. The molecule has 30 heavy (non-hydrogen) atoms. The molecule has 1 unspecified atom stereocenters. The van der Waals surface area contributed by atoms with Crippen molar-refractivity contribution >= 4 is 11.9 Å². The Morgan fingerprint density at radius 2 is 1.43 bits per heavy atom. The molecule has 2 N–H and O–H groups in total. The number of ether oxygens (including phenoxy) is 2. The van der Waals surface area contributed by atoms with Crippen molar-refractivity contribution in [2.24, 2.45) is 5.73 Å². The average Bonchev–Trinajstić information content (AvgIpc) is 2.75. The van der Waals surface area contributed by atoms with E-state index in [2.05, 4.69) is 38.1 Å². The first-order valence-corrected chi connectivity index (χ1v) is 11.6. The maximum absolute atomic E-state index is 12.3. The van der Waals surface area contributed by atoms with Gasteiger partial charge in [0.2, 0.25) is 5.54 Å². The van der Waals surface area contributed by atoms with Crippen molar-refractivity contribution in [1.29, 1.82) is 0 Å². The molecule has 0 aliphatic heterocycles. The Labute approximate surface area is 182 Å². The van der Waals surface area contributed by atoms with Crippen LogP contribution in [0.3, 0.4) is 0 Å². The average molecular weight is 420 g/mol. The highest BCUT2D eigenvalue weighted by Gasteiger charge is 2.44. The minimum atomic E-state index is -1.77. The summed E-state index contributed by atoms with van der Waals surface area (Å²) in [7, 11) is 0. The lowest BCUT2D eigenvalue weighted by molar-refractivity contribution is -0.164. The first-order chi connectivity index (χ1) is 14.4. The molecule has 170 valence electrons. The smallest absolute Gasteiger partial charge is 0.337 e. The Bertz CT molecular complexity index is 609. The van der Waals surface area contributed by atoms with Gasteiger partial charge in [-0.2, -0.15) is 0 Å². The third-order valence-electron chi connectivity index (χ3n) is 5.63. The molecule has 1 aromatic rings. The predicted octanol–water partition coefficient (Wildman–Crippen LogP) is 5.30. The molecule has 0 aromatic heterocycles. The van der Waals surface area contributed by atoms with E-state index in [0.29, 0.717) is 12.3 Å². The number of benzene rings is 1. The Morgan fingerprint density at radius 3 is 1.97 bits per heavy atom. The lowest BCUT2D eigenvalue weighted by Gasteiger charge is -2.24. The minimum absolute atomic E-state index is 0.150. The largest absolute Gasteiger partial charge is 0.464 e. The van der Waals surface area contributed by atoms with Gasteiger partial charge in [-0.15, -0.1) is 0 Å². The Balaban J connectivity index is 2.60. The van der Waals surface area contributed by atoms with Gasteiger partial charge in [-0.25, -0.2) is 9.59 Å². The fourth-order valence-electron chi connectivity index (χ4n) is 3.56. The molecule has 0 saturated heterocycles. The molecule has 0 saturated carbocycles. The number of esters is 2. The fraction of sp³-hybridized carbons (Fsp3) is 0.680. The summed E-state index contributed by atoms with van der Waals surface area (Å²) in [5.41, 5.74) is 6.72. The summed E-state index contributed by atoms with van der Waals surface area (Å²) in [5.74, 6) is -0.932. The molecule has 0 bridgehead atoms. The SMILES string of the molecule is CCCCCCCCC(C)c1ccc(CCC(N)(C(=O)OCC)C(=O)OCC)cc1. The maximum atomic E-state index is 12.3. The second kappa shape index (κ2) is 14.2. The zero-order valence-electron chi connectivity index (χ0n) is 19.4. The van der Waals surface area contributed by atoms with Crippen LogP contribution >= 0.6 is 0 Å². The Kier molecular flexibility index (Phi) is 12.4. The van der Waals surface area contributed by atoms with Crippen LogP contribution in [0.5, 0.6) is 0 Å². The van der Waals surface area contributed by atoms with Crippen molar-refractivity contribution in [3.05, 3.63) is 35.4 Å². The van der Waals surface area contributed by atoms with Gasteiger partial charge in [-0.1, -0.05) is 76.6 Å². The maximum Gasteiger partial charge on any atom is 0.337 e. The standard InChI is InChI=1S/C25H41NO4/c1-5-8-9-10-11-12-13-20(4)22-16-14-21(15-17-22)18-19-25(26,23(27)29-6-2)24(28)30-7-3/h14-17,20H,5-13,18-19,26H2,1-4H3. The summed E-state index contributed by atoms with van der Waals surface area (Å²) in [5, 5.41) is 0. The van der Waals surface area contributed by atoms with Gasteiger partial charge in [0.15, 0.2) is 0 Å². The van der Waals surface area contributed by atoms with Gasteiger partial charge in [0.1, 0.15) is 0 Å². The highest BCUT2D eigenvalue weighted by molar-refractivity contribution is 6.04. The monoisotopic (exact) mass is 419 g/mol. The van der Waals surface area contributed by atoms with Crippen LogP contribution in [0.15, 0.2) is 24.3 Å². The molecule has 1 rings (SSSR count). The van der Waals surface area contributed by atoms with Crippen LogP contribution in [0.25, 0.3) is 0 Å². The number of hydrogen-bond acceptors (Lipinski definition) is 5. The Morgan fingerprint density at radius 1 is 0.900 bits per heavy atom. The van der Waals surface area contributed by atoms with E-state index in [4.69, 9.17) is 15.2 Å². The first-order valence-electron chi connectivity index (χ1n) is 11.6. The topological polar surface area (TPSA) is 78.6 Å². The van der Waals surface area contributed by atoms with Crippen molar-refractivity contribution in [1.82, 2.24) is 0 Å². The number of hydrogen-bond donors (Lipinski definition) is 1. The van der Waals surface area contributed by atoms with Crippen molar-refractivity contribution in [2.45, 2.75) is 96.9 Å². The minimum Gasteiger partial charge on any atom is -0.464 e. The number of nitrogens with two attached hydrogens (primary N) is 1. The molecule has 0 aliphatic rings. The molecule has 0 fully saturated rings. The molecule has 0 aliphatic carbocycles. The third kappa shape index (κ3) is 8.47. The number of carbonyl (C=O) groups is 2. The number of rotatable bonds is 15. The van der Waals surface area contributed by atoms with Crippen LogP contribution in [-0.4, -0.2) is 30.7 Å². The fourth-order valence-corrected chi connectivity index (χ4v) is 3.56. The van der Waals surface area contributed by atoms with Gasteiger partial charge in [-0.3, -0.25) is 0 Å². The van der Waals surface area contributed by atoms with Crippen molar-refractivity contribution < 1.29 is 19.1 Å². The molecular weight excluding hydrogens is 378 g/mol. The molecule has 5 heteroatoms. The normalized spacial score (nSPS) is 12.4. The van der Waals surface area contributed by atoms with Gasteiger partial charge >= 0.3 is 11.9 Å². The second-order valence-electron chi connectivity index (χ2n) is 8.11. The lowest BCUT2D eigenvalue weighted by atomic mass is 9.90. The van der Waals surface area contributed by atoms with Crippen LogP contribution < -0.4 is 5.73 Å². The van der Waals surface area contributed by atoms with Crippen LogP contribution in [0.1, 0.15) is 96.1 Å². The summed E-state index contributed by atoms with van der Waals surface area (Å²) in [6.45, 7) is 8.23. The predicted molar refractivity (Wildman–Crippen MR) is 121 cm³/mol. The van der Waals surface area contributed by atoms with E-state index < -0.39 is 17.5 Å².